The molecule has 1 aliphatic rings. The van der Waals surface area contributed by atoms with Gasteiger partial charge >= 0.3 is 12.0 Å². The van der Waals surface area contributed by atoms with Gasteiger partial charge in [-0.3, -0.25) is 0 Å². The van der Waals surface area contributed by atoms with Gasteiger partial charge in [0.1, 0.15) is 6.04 Å². The molecule has 0 saturated carbocycles. The van der Waals surface area contributed by atoms with Gasteiger partial charge in [-0.05, 0) is 6.07 Å². The number of rotatable bonds is 3. The second-order valence-corrected chi connectivity index (χ2v) is 4.19. The molecule has 2 amide bonds. The van der Waals surface area contributed by atoms with Crippen LogP contribution in [0.2, 0.25) is 0 Å². The Morgan fingerprint density at radius 1 is 1.56 bits per heavy atom. The number of carbonyl (C=O) groups excluding carboxylic acids is 1. The van der Waals surface area contributed by atoms with E-state index in [4.69, 9.17) is 9.52 Å². The zero-order valence-electron chi connectivity index (χ0n) is 9.57. The Bertz CT molecular complexity index is 431. The molecular weight excluding hydrogens is 240 g/mol. The van der Waals surface area contributed by atoms with Crippen LogP contribution in [-0.4, -0.2) is 45.8 Å². The summed E-state index contributed by atoms with van der Waals surface area (Å²) in [5.74, 6) is -1.11. The largest absolute Gasteiger partial charge is 0.480 e. The van der Waals surface area contributed by atoms with Gasteiger partial charge in [-0.15, -0.1) is 0 Å². The number of hydrogen-bond donors (Lipinski definition) is 3. The van der Waals surface area contributed by atoms with Gasteiger partial charge in [0.25, 0.3) is 0 Å². The lowest BCUT2D eigenvalue weighted by Crippen LogP contribution is -2.45. The number of β-amino-alcohol motifs (C(OH)–C–C–N with tert-alkyl or cyclic N) is 1. The lowest BCUT2D eigenvalue weighted by atomic mass is 10.2. The van der Waals surface area contributed by atoms with Crippen LogP contribution >= 0.6 is 0 Å². The summed E-state index contributed by atoms with van der Waals surface area (Å²) < 4.78 is 4.85. The molecule has 1 aliphatic heterocycles. The first kappa shape index (κ1) is 12.4. The molecule has 1 fully saturated rings. The number of furan rings is 1. The number of carboxylic acids is 1. The Labute approximate surface area is 103 Å². The zero-order valence-corrected chi connectivity index (χ0v) is 9.57. The van der Waals surface area contributed by atoms with Crippen LogP contribution in [0.5, 0.6) is 0 Å². The van der Waals surface area contributed by atoms with Crippen molar-refractivity contribution in [2.24, 2.45) is 0 Å². The average molecular weight is 254 g/mol. The summed E-state index contributed by atoms with van der Waals surface area (Å²) in [6.07, 6.45) is 2.26. The van der Waals surface area contributed by atoms with Crippen LogP contribution in [-0.2, 0) is 11.3 Å². The lowest BCUT2D eigenvalue weighted by Gasteiger charge is -2.21. The Kier molecular flexibility index (Phi) is 3.52. The highest BCUT2D eigenvalue weighted by Crippen LogP contribution is 2.18. The molecule has 7 heteroatoms. The van der Waals surface area contributed by atoms with Crippen molar-refractivity contribution in [2.75, 3.05) is 6.54 Å². The van der Waals surface area contributed by atoms with Gasteiger partial charge < -0.3 is 24.8 Å². The Morgan fingerprint density at radius 3 is 2.94 bits per heavy atom. The molecule has 0 radical (unpaired) electrons. The number of nitrogens with zero attached hydrogens (tertiary/aromatic N) is 1. The van der Waals surface area contributed by atoms with E-state index >= 15 is 0 Å². The number of urea groups is 1. The summed E-state index contributed by atoms with van der Waals surface area (Å²) in [6.45, 7) is 0.294. The van der Waals surface area contributed by atoms with E-state index in [0.717, 1.165) is 10.5 Å². The topological polar surface area (TPSA) is 103 Å². The molecule has 18 heavy (non-hydrogen) atoms. The van der Waals surface area contributed by atoms with Gasteiger partial charge in [0, 0.05) is 25.1 Å². The third-order valence-electron chi connectivity index (χ3n) is 2.85. The van der Waals surface area contributed by atoms with Gasteiger partial charge in [0.2, 0.25) is 0 Å². The number of carboxylic acid groups (broad SMARTS) is 1. The molecule has 0 aromatic carbocycles. The first-order valence-electron chi connectivity index (χ1n) is 5.54. The highest BCUT2D eigenvalue weighted by atomic mass is 16.4. The highest BCUT2D eigenvalue weighted by Gasteiger charge is 2.38. The van der Waals surface area contributed by atoms with Crippen molar-refractivity contribution in [3.63, 3.8) is 0 Å². The molecule has 7 nitrogen and oxygen atoms in total. The van der Waals surface area contributed by atoms with E-state index in [1.165, 1.54) is 12.5 Å². The smallest absolute Gasteiger partial charge is 0.326 e. The average Bonchev–Trinajstić information content (AvgIpc) is 2.94. The van der Waals surface area contributed by atoms with Gasteiger partial charge in [0.15, 0.2) is 0 Å². The van der Waals surface area contributed by atoms with Gasteiger partial charge in [-0.2, -0.15) is 0 Å². The fourth-order valence-electron chi connectivity index (χ4n) is 1.94. The molecule has 2 heterocycles. The molecule has 0 unspecified atom stereocenters. The maximum atomic E-state index is 11.8. The van der Waals surface area contributed by atoms with E-state index in [0.29, 0.717) is 0 Å². The minimum absolute atomic E-state index is 0.0359. The number of likely N-dealkylation sites (tertiary alicyclic amines) is 1. The normalized spacial score (nSPS) is 23.1. The Morgan fingerprint density at radius 2 is 2.33 bits per heavy atom. The van der Waals surface area contributed by atoms with Crippen molar-refractivity contribution in [2.45, 2.75) is 25.1 Å². The number of hydrogen-bond acceptors (Lipinski definition) is 4. The van der Waals surface area contributed by atoms with Crippen molar-refractivity contribution < 1.29 is 24.2 Å². The van der Waals surface area contributed by atoms with Gasteiger partial charge in [-0.25, -0.2) is 9.59 Å². The van der Waals surface area contributed by atoms with Crippen LogP contribution < -0.4 is 5.32 Å². The Hall–Kier alpha value is -2.02. The fraction of sp³-hybridized carbons (Fsp3) is 0.455. The summed E-state index contributed by atoms with van der Waals surface area (Å²) in [6, 6.07) is 0.234. The molecular formula is C11H14N2O5. The van der Waals surface area contributed by atoms with E-state index in [1.807, 2.05) is 0 Å². The van der Waals surface area contributed by atoms with Gasteiger partial charge in [0.05, 0.1) is 18.6 Å². The van der Waals surface area contributed by atoms with E-state index in [1.54, 1.807) is 6.07 Å². The van der Waals surface area contributed by atoms with Crippen molar-refractivity contribution in [1.29, 1.82) is 0 Å². The number of amides is 2. The van der Waals surface area contributed by atoms with E-state index < -0.39 is 24.1 Å². The van der Waals surface area contributed by atoms with Crippen LogP contribution in [0.1, 0.15) is 12.0 Å². The number of aliphatic carboxylic acids is 1. The van der Waals surface area contributed by atoms with E-state index in [9.17, 15) is 14.7 Å². The van der Waals surface area contributed by atoms with Crippen molar-refractivity contribution in [1.82, 2.24) is 10.2 Å². The van der Waals surface area contributed by atoms with Crippen molar-refractivity contribution in [3.8, 4) is 0 Å². The fourth-order valence-corrected chi connectivity index (χ4v) is 1.94. The van der Waals surface area contributed by atoms with Crippen LogP contribution in [0.4, 0.5) is 4.79 Å². The van der Waals surface area contributed by atoms with E-state index in [-0.39, 0.29) is 19.5 Å². The molecule has 1 aromatic heterocycles. The molecule has 0 spiro atoms. The third-order valence-corrected chi connectivity index (χ3v) is 2.85. The maximum Gasteiger partial charge on any atom is 0.326 e. The number of nitrogens with one attached hydrogen (secondary N) is 1. The number of carbonyl (C=O) groups is 2. The molecule has 3 N–H and O–H groups in total. The highest BCUT2D eigenvalue weighted by molar-refractivity contribution is 5.83. The van der Waals surface area contributed by atoms with Crippen LogP contribution in [0.25, 0.3) is 0 Å². The molecule has 2 rings (SSSR count). The molecule has 2 atom stereocenters. The molecule has 98 valence electrons. The predicted molar refractivity (Wildman–Crippen MR) is 59.7 cm³/mol. The number of aliphatic hydroxyl groups excluding tert-OH is 1. The number of aliphatic hydroxyl groups is 1. The molecule has 1 saturated heterocycles. The third kappa shape index (κ3) is 2.62. The second-order valence-electron chi connectivity index (χ2n) is 4.19. The first-order valence-corrected chi connectivity index (χ1v) is 5.54. The zero-order chi connectivity index (χ0) is 13.1. The summed E-state index contributed by atoms with van der Waals surface area (Å²) in [4.78, 5) is 23.9. The summed E-state index contributed by atoms with van der Waals surface area (Å²) in [5.41, 5.74) is 0.787. The standard InChI is InChI=1S/C11H14N2O5/c14-8-3-9(10(15)16)13(5-8)11(17)12-4-7-1-2-18-6-7/h1-2,6,8-9,14H,3-5H2,(H,12,17)(H,15,16)/t8-,9-/m1/s1. The van der Waals surface area contributed by atoms with E-state index in [2.05, 4.69) is 5.32 Å². The van der Waals surface area contributed by atoms with Crippen LogP contribution in [0.15, 0.2) is 23.0 Å². The minimum Gasteiger partial charge on any atom is -0.480 e. The summed E-state index contributed by atoms with van der Waals surface area (Å²) >= 11 is 0. The SMILES string of the molecule is O=C(O)[C@H]1C[C@@H](O)CN1C(=O)NCc1ccoc1. The molecule has 1 aromatic rings. The lowest BCUT2D eigenvalue weighted by molar-refractivity contribution is -0.141. The Balaban J connectivity index is 1.93. The maximum absolute atomic E-state index is 11.8. The molecule has 0 aliphatic carbocycles. The monoisotopic (exact) mass is 254 g/mol. The van der Waals surface area contributed by atoms with Crippen LogP contribution in [0, 0.1) is 0 Å². The quantitative estimate of drug-likeness (QED) is 0.705. The predicted octanol–water partition coefficient (Wildman–Crippen LogP) is 0.00900. The second kappa shape index (κ2) is 5.09. The summed E-state index contributed by atoms with van der Waals surface area (Å²) in [5, 5.41) is 21.0. The van der Waals surface area contributed by atoms with Crippen LogP contribution in [0.3, 0.4) is 0 Å². The van der Waals surface area contributed by atoms with Crippen molar-refractivity contribution >= 4 is 12.0 Å². The van der Waals surface area contributed by atoms with Gasteiger partial charge in [-0.1, -0.05) is 0 Å². The summed E-state index contributed by atoms with van der Waals surface area (Å²) in [7, 11) is 0. The van der Waals surface area contributed by atoms with Crippen molar-refractivity contribution in [3.05, 3.63) is 24.2 Å². The molecule has 0 bridgehead atoms. The minimum atomic E-state index is -1.11. The first-order chi connectivity index (χ1) is 8.58.